The first-order valence-corrected chi connectivity index (χ1v) is 12.8. The van der Waals surface area contributed by atoms with Crippen molar-refractivity contribution in [3.05, 3.63) is 41.5 Å². The van der Waals surface area contributed by atoms with Gasteiger partial charge in [0.05, 0.1) is 11.9 Å². The van der Waals surface area contributed by atoms with Crippen molar-refractivity contribution >= 4 is 20.9 Å². The highest BCUT2D eigenvalue weighted by molar-refractivity contribution is 7.85. The molecule has 0 spiro atoms. The zero-order valence-electron chi connectivity index (χ0n) is 19.2. The molecule has 1 fully saturated rings. The van der Waals surface area contributed by atoms with E-state index in [2.05, 4.69) is 26.1 Å². The maximum Gasteiger partial charge on any atom is 0.420 e. The van der Waals surface area contributed by atoms with Gasteiger partial charge in [-0.25, -0.2) is 0 Å². The molecule has 2 aromatic carbocycles. The topological polar surface area (TPSA) is 75.6 Å². The number of hydrogen-bond donors (Lipinski definition) is 2. The Bertz CT molecular complexity index is 1070. The zero-order valence-corrected chi connectivity index (χ0v) is 20.0. The van der Waals surface area contributed by atoms with E-state index in [0.717, 1.165) is 25.7 Å². The Morgan fingerprint density at radius 3 is 2.30 bits per heavy atom. The van der Waals surface area contributed by atoms with Gasteiger partial charge in [-0.2, -0.15) is 21.6 Å². The Balaban J connectivity index is 1.77. The second-order valence-corrected chi connectivity index (χ2v) is 11.5. The van der Waals surface area contributed by atoms with Crippen LogP contribution in [0.15, 0.2) is 30.3 Å². The van der Waals surface area contributed by atoms with E-state index in [1.165, 1.54) is 12.1 Å². The average Bonchev–Trinajstić information content (AvgIpc) is 2.69. The molecule has 0 amide bonds. The maximum absolute atomic E-state index is 14.0. The van der Waals surface area contributed by atoms with Gasteiger partial charge < -0.3 is 10.1 Å². The molecule has 33 heavy (non-hydrogen) atoms. The Morgan fingerprint density at radius 2 is 1.73 bits per heavy atom. The molecule has 0 heterocycles. The SMILES string of the molecule is CC(C)(C)C1CCC(Oc2ccc3cc(CNCCS(=O)(=O)O)ccc3c2C(F)(F)F)CC1. The van der Waals surface area contributed by atoms with Gasteiger partial charge in [-0.15, -0.1) is 0 Å². The third-order valence-electron chi connectivity index (χ3n) is 6.39. The van der Waals surface area contributed by atoms with Crippen molar-refractivity contribution in [2.24, 2.45) is 11.3 Å². The Kier molecular flexibility index (Phi) is 7.65. The zero-order chi connectivity index (χ0) is 24.4. The maximum atomic E-state index is 14.0. The molecule has 1 aliphatic rings. The number of hydrogen-bond acceptors (Lipinski definition) is 4. The summed E-state index contributed by atoms with van der Waals surface area (Å²) in [7, 11) is -4.06. The lowest BCUT2D eigenvalue weighted by molar-refractivity contribution is -0.138. The predicted octanol–water partition coefficient (Wildman–Crippen LogP) is 5.82. The summed E-state index contributed by atoms with van der Waals surface area (Å²) >= 11 is 0. The van der Waals surface area contributed by atoms with Gasteiger partial charge in [0, 0.05) is 13.1 Å². The third kappa shape index (κ3) is 7.07. The Morgan fingerprint density at radius 1 is 1.06 bits per heavy atom. The van der Waals surface area contributed by atoms with Gasteiger partial charge in [-0.3, -0.25) is 4.55 Å². The summed E-state index contributed by atoms with van der Waals surface area (Å²) in [4.78, 5) is 0. The number of ether oxygens (including phenoxy) is 1. The minimum Gasteiger partial charge on any atom is -0.490 e. The lowest BCUT2D eigenvalue weighted by Gasteiger charge is -2.37. The molecule has 0 atom stereocenters. The summed E-state index contributed by atoms with van der Waals surface area (Å²) in [5.41, 5.74) is 0.133. The molecule has 0 aliphatic heterocycles. The van der Waals surface area contributed by atoms with Crippen LogP contribution in [0.1, 0.15) is 57.6 Å². The van der Waals surface area contributed by atoms with Crippen LogP contribution in [-0.2, 0) is 22.8 Å². The molecule has 3 rings (SSSR count). The largest absolute Gasteiger partial charge is 0.490 e. The molecule has 1 aliphatic carbocycles. The van der Waals surface area contributed by atoms with Crippen molar-refractivity contribution in [2.45, 2.75) is 65.3 Å². The number of alkyl halides is 3. The first-order valence-electron chi connectivity index (χ1n) is 11.2. The number of rotatable bonds is 7. The Labute approximate surface area is 193 Å². The smallest absolute Gasteiger partial charge is 0.420 e. The van der Waals surface area contributed by atoms with Crippen LogP contribution < -0.4 is 10.1 Å². The molecule has 0 aromatic heterocycles. The van der Waals surface area contributed by atoms with Crippen molar-refractivity contribution in [1.29, 1.82) is 0 Å². The summed E-state index contributed by atoms with van der Waals surface area (Å²) in [5, 5.41) is 3.37. The van der Waals surface area contributed by atoms with Gasteiger partial charge in [0.25, 0.3) is 10.1 Å². The van der Waals surface area contributed by atoms with E-state index in [4.69, 9.17) is 9.29 Å². The fourth-order valence-corrected chi connectivity index (χ4v) is 4.92. The van der Waals surface area contributed by atoms with E-state index in [1.807, 2.05) is 0 Å². The summed E-state index contributed by atoms with van der Waals surface area (Å²) < 4.78 is 78.4. The molecule has 2 N–H and O–H groups in total. The second-order valence-electron chi connectivity index (χ2n) is 9.91. The molecule has 2 aromatic rings. The van der Waals surface area contributed by atoms with Crippen molar-refractivity contribution in [3.8, 4) is 5.75 Å². The van der Waals surface area contributed by atoms with E-state index in [1.54, 1.807) is 18.2 Å². The monoisotopic (exact) mass is 487 g/mol. The highest BCUT2D eigenvalue weighted by Gasteiger charge is 2.38. The quantitative estimate of drug-likeness (QED) is 0.380. The normalized spacial score (nSPS) is 20.2. The third-order valence-corrected chi connectivity index (χ3v) is 7.11. The van der Waals surface area contributed by atoms with Gasteiger partial charge in [0.2, 0.25) is 0 Å². The molecule has 0 bridgehead atoms. The van der Waals surface area contributed by atoms with Gasteiger partial charge in [-0.05, 0) is 65.5 Å². The van der Waals surface area contributed by atoms with Gasteiger partial charge in [-0.1, -0.05) is 39.0 Å². The predicted molar refractivity (Wildman–Crippen MR) is 123 cm³/mol. The molecule has 1 saturated carbocycles. The van der Waals surface area contributed by atoms with Crippen molar-refractivity contribution in [2.75, 3.05) is 12.3 Å². The molecule has 184 valence electrons. The highest BCUT2D eigenvalue weighted by Crippen LogP contribution is 2.44. The Hall–Kier alpha value is -1.84. The number of fused-ring (bicyclic) bond motifs is 1. The van der Waals surface area contributed by atoms with E-state index in [-0.39, 0.29) is 35.7 Å². The summed E-state index contributed by atoms with van der Waals surface area (Å²) in [6.45, 7) is 6.89. The molecule has 5 nitrogen and oxygen atoms in total. The van der Waals surface area contributed by atoms with Gasteiger partial charge in [0.15, 0.2) is 0 Å². The number of halogens is 3. The van der Waals surface area contributed by atoms with Crippen LogP contribution in [0.2, 0.25) is 0 Å². The molecule has 0 saturated heterocycles. The lowest BCUT2D eigenvalue weighted by atomic mass is 9.72. The first-order chi connectivity index (χ1) is 15.2. The van der Waals surface area contributed by atoms with Crippen LogP contribution in [0, 0.1) is 11.3 Å². The molecule has 0 radical (unpaired) electrons. The van der Waals surface area contributed by atoms with Crippen LogP contribution in [0.5, 0.6) is 5.75 Å². The van der Waals surface area contributed by atoms with Crippen LogP contribution in [0.4, 0.5) is 13.2 Å². The summed E-state index contributed by atoms with van der Waals surface area (Å²) in [6, 6.07) is 7.68. The van der Waals surface area contributed by atoms with E-state index >= 15 is 0 Å². The minimum atomic E-state index is -4.56. The number of benzene rings is 2. The fourth-order valence-electron chi connectivity index (χ4n) is 4.52. The van der Waals surface area contributed by atoms with Crippen molar-refractivity contribution in [3.63, 3.8) is 0 Å². The van der Waals surface area contributed by atoms with Crippen molar-refractivity contribution < 1.29 is 30.9 Å². The van der Waals surface area contributed by atoms with E-state index in [0.29, 0.717) is 16.9 Å². The van der Waals surface area contributed by atoms with Gasteiger partial charge >= 0.3 is 6.18 Å². The summed E-state index contributed by atoms with van der Waals surface area (Å²) in [5.74, 6) is -0.0224. The summed E-state index contributed by atoms with van der Waals surface area (Å²) in [6.07, 6.45) is -1.43. The fraction of sp³-hybridized carbons (Fsp3) is 0.583. The first kappa shape index (κ1) is 25.8. The average molecular weight is 488 g/mol. The van der Waals surface area contributed by atoms with E-state index < -0.39 is 27.6 Å². The minimum absolute atomic E-state index is 0.0366. The molecule has 9 heteroatoms. The second kappa shape index (κ2) is 9.80. The van der Waals surface area contributed by atoms with E-state index in [9.17, 15) is 21.6 Å². The van der Waals surface area contributed by atoms with Crippen LogP contribution in [0.25, 0.3) is 10.8 Å². The molecule has 0 unspecified atom stereocenters. The molecular weight excluding hydrogens is 455 g/mol. The van der Waals surface area contributed by atoms with Gasteiger partial charge in [0.1, 0.15) is 11.3 Å². The molecular formula is C24H32F3NO4S. The number of nitrogens with one attached hydrogen (secondary N) is 1. The lowest BCUT2D eigenvalue weighted by Crippen LogP contribution is -2.31. The highest BCUT2D eigenvalue weighted by atomic mass is 32.2. The van der Waals surface area contributed by atoms with Crippen LogP contribution in [0.3, 0.4) is 0 Å². The van der Waals surface area contributed by atoms with Crippen LogP contribution in [-0.4, -0.2) is 31.4 Å². The standard InChI is InChI=1S/C24H32F3NO4S/c1-23(2,3)18-6-8-19(9-7-18)32-21-11-5-17-14-16(15-28-12-13-33(29,30)31)4-10-20(17)22(21)24(25,26)27/h4-5,10-11,14,18-19,28H,6-9,12-13,15H2,1-3H3,(H,29,30,31). The van der Waals surface area contributed by atoms with Crippen molar-refractivity contribution in [1.82, 2.24) is 5.32 Å². The van der Waals surface area contributed by atoms with Crippen LogP contribution >= 0.6 is 0 Å².